The topological polar surface area (TPSA) is 44.1 Å². The Labute approximate surface area is 115 Å². The smallest absolute Gasteiger partial charge is 0.230 e. The van der Waals surface area contributed by atoms with Gasteiger partial charge < -0.3 is 4.90 Å². The molecule has 1 unspecified atom stereocenters. The first-order chi connectivity index (χ1) is 9.69. The zero-order chi connectivity index (χ0) is 14.1. The highest BCUT2D eigenvalue weighted by Gasteiger charge is 2.38. The van der Waals surface area contributed by atoms with Crippen LogP contribution in [0.2, 0.25) is 0 Å². The lowest BCUT2D eigenvalue weighted by molar-refractivity contribution is -0.124. The maximum Gasteiger partial charge on any atom is 0.230 e. The van der Waals surface area contributed by atoms with Gasteiger partial charge in [0, 0.05) is 5.69 Å². The summed E-state index contributed by atoms with van der Waals surface area (Å²) >= 11 is 0. The largest absolute Gasteiger partial charge is 0.304 e. The fourth-order valence-corrected chi connectivity index (χ4v) is 2.39. The lowest BCUT2D eigenvalue weighted by Gasteiger charge is -2.40. The van der Waals surface area contributed by atoms with E-state index in [9.17, 15) is 9.18 Å². The molecule has 2 aromatic carbocycles. The minimum absolute atomic E-state index is 0.0194. The number of benzene rings is 2. The van der Waals surface area contributed by atoms with Crippen molar-refractivity contribution in [2.75, 3.05) is 4.90 Å². The molecule has 1 atom stereocenters. The van der Waals surface area contributed by atoms with Gasteiger partial charge in [0.05, 0.1) is 24.1 Å². The van der Waals surface area contributed by atoms with Gasteiger partial charge in [-0.25, -0.2) is 4.39 Å². The molecule has 20 heavy (non-hydrogen) atoms. The number of hydrogen-bond acceptors (Lipinski definition) is 2. The molecular weight excluding hydrogens is 255 g/mol. The van der Waals surface area contributed by atoms with Gasteiger partial charge in [-0.3, -0.25) is 4.79 Å². The minimum atomic E-state index is -0.323. The summed E-state index contributed by atoms with van der Waals surface area (Å²) in [6.07, 6.45) is 0.434. The summed E-state index contributed by atoms with van der Waals surface area (Å²) < 4.78 is 12.9. The molecule has 0 radical (unpaired) electrons. The van der Waals surface area contributed by atoms with Crippen LogP contribution in [0.1, 0.15) is 23.6 Å². The third-order valence-electron chi connectivity index (χ3n) is 3.48. The normalized spacial score (nSPS) is 17.5. The van der Waals surface area contributed by atoms with E-state index in [0.717, 1.165) is 5.56 Å². The van der Waals surface area contributed by atoms with Gasteiger partial charge in [-0.15, -0.1) is 0 Å². The van der Waals surface area contributed by atoms with Crippen molar-refractivity contribution in [1.29, 1.82) is 5.26 Å². The molecular formula is C16H11FN2O. The van der Waals surface area contributed by atoms with Crippen LogP contribution in [-0.4, -0.2) is 5.91 Å². The first-order valence-electron chi connectivity index (χ1n) is 6.27. The molecule has 1 aliphatic rings. The number of rotatable bonds is 2. The third kappa shape index (κ3) is 2.04. The molecule has 3 rings (SSSR count). The Hall–Kier alpha value is -2.67. The molecule has 0 spiro atoms. The van der Waals surface area contributed by atoms with Crippen molar-refractivity contribution in [3.05, 3.63) is 65.5 Å². The van der Waals surface area contributed by atoms with Gasteiger partial charge in [0.15, 0.2) is 0 Å². The highest BCUT2D eigenvalue weighted by atomic mass is 19.1. The Balaban J connectivity index is 1.89. The summed E-state index contributed by atoms with van der Waals surface area (Å²) in [6.45, 7) is 0. The van der Waals surface area contributed by atoms with E-state index in [1.165, 1.54) is 12.1 Å². The summed E-state index contributed by atoms with van der Waals surface area (Å²) in [5.74, 6) is -0.303. The first kappa shape index (κ1) is 12.4. The van der Waals surface area contributed by atoms with Crippen LogP contribution in [0.4, 0.5) is 10.1 Å². The van der Waals surface area contributed by atoms with Crippen molar-refractivity contribution in [2.45, 2.75) is 12.5 Å². The van der Waals surface area contributed by atoms with Crippen molar-refractivity contribution in [3.63, 3.8) is 0 Å². The van der Waals surface area contributed by atoms with E-state index in [0.29, 0.717) is 17.7 Å². The lowest BCUT2D eigenvalue weighted by atomic mass is 9.92. The summed E-state index contributed by atoms with van der Waals surface area (Å²) in [7, 11) is 0. The van der Waals surface area contributed by atoms with Gasteiger partial charge in [0.25, 0.3) is 0 Å². The van der Waals surface area contributed by atoms with E-state index in [-0.39, 0.29) is 17.8 Å². The second-order valence-corrected chi connectivity index (χ2v) is 4.69. The molecule has 4 heteroatoms. The van der Waals surface area contributed by atoms with E-state index < -0.39 is 0 Å². The number of β-lactam (4-membered cyclic amide) rings is 1. The minimum Gasteiger partial charge on any atom is -0.304 e. The van der Waals surface area contributed by atoms with Gasteiger partial charge >= 0.3 is 0 Å². The summed E-state index contributed by atoms with van der Waals surface area (Å²) in [5, 5.41) is 8.79. The second kappa shape index (κ2) is 4.78. The van der Waals surface area contributed by atoms with E-state index in [1.54, 1.807) is 29.2 Å². The SMILES string of the molecule is N#Cc1ccc(C2CC(=O)N2c2ccc(F)cc2)cc1. The number of hydrogen-bond donors (Lipinski definition) is 0. The van der Waals surface area contributed by atoms with E-state index in [1.807, 2.05) is 12.1 Å². The average molecular weight is 266 g/mol. The van der Waals surface area contributed by atoms with Gasteiger partial charge in [-0.1, -0.05) is 12.1 Å². The molecule has 98 valence electrons. The maximum absolute atomic E-state index is 12.9. The molecule has 1 heterocycles. The summed E-state index contributed by atoms with van der Waals surface area (Å²) in [5.41, 5.74) is 2.26. The quantitative estimate of drug-likeness (QED) is 0.783. The molecule has 0 N–H and O–H groups in total. The van der Waals surface area contributed by atoms with Gasteiger partial charge in [0.2, 0.25) is 5.91 Å². The molecule has 1 aliphatic heterocycles. The summed E-state index contributed by atoms with van der Waals surface area (Å²) in [4.78, 5) is 13.5. The fourth-order valence-electron chi connectivity index (χ4n) is 2.39. The van der Waals surface area contributed by atoms with Crippen molar-refractivity contribution >= 4 is 11.6 Å². The molecule has 3 nitrogen and oxygen atoms in total. The monoisotopic (exact) mass is 266 g/mol. The number of anilines is 1. The Kier molecular flexibility index (Phi) is 2.96. The van der Waals surface area contributed by atoms with Crippen molar-refractivity contribution in [3.8, 4) is 6.07 Å². The molecule has 1 fully saturated rings. The van der Waals surface area contributed by atoms with Crippen LogP contribution in [0.5, 0.6) is 0 Å². The van der Waals surface area contributed by atoms with Crippen LogP contribution in [0.3, 0.4) is 0 Å². The predicted octanol–water partition coefficient (Wildman–Crippen LogP) is 3.18. The van der Waals surface area contributed by atoms with E-state index >= 15 is 0 Å². The summed E-state index contributed by atoms with van der Waals surface area (Å²) in [6, 6.07) is 15.1. The number of nitriles is 1. The van der Waals surface area contributed by atoms with Crippen LogP contribution in [0, 0.1) is 17.1 Å². The average Bonchev–Trinajstić information content (AvgIpc) is 2.47. The van der Waals surface area contributed by atoms with Crippen molar-refractivity contribution in [1.82, 2.24) is 0 Å². The Morgan fingerprint density at radius 1 is 1.10 bits per heavy atom. The molecule has 0 aliphatic carbocycles. The number of nitrogens with zero attached hydrogens (tertiary/aromatic N) is 2. The number of amides is 1. The molecule has 2 aromatic rings. The lowest BCUT2D eigenvalue weighted by Crippen LogP contribution is -2.46. The van der Waals surface area contributed by atoms with Gasteiger partial charge in [0.1, 0.15) is 5.82 Å². The molecule has 0 saturated carbocycles. The van der Waals surface area contributed by atoms with Crippen LogP contribution in [-0.2, 0) is 4.79 Å². The Morgan fingerprint density at radius 2 is 1.75 bits per heavy atom. The van der Waals surface area contributed by atoms with E-state index in [2.05, 4.69) is 6.07 Å². The molecule has 0 bridgehead atoms. The third-order valence-corrected chi connectivity index (χ3v) is 3.48. The van der Waals surface area contributed by atoms with Crippen LogP contribution >= 0.6 is 0 Å². The van der Waals surface area contributed by atoms with Crippen molar-refractivity contribution < 1.29 is 9.18 Å². The number of halogens is 1. The molecule has 1 amide bonds. The predicted molar refractivity (Wildman–Crippen MR) is 72.4 cm³/mol. The fraction of sp³-hybridized carbons (Fsp3) is 0.125. The highest BCUT2D eigenvalue weighted by molar-refractivity contribution is 6.01. The molecule has 0 aromatic heterocycles. The van der Waals surface area contributed by atoms with Gasteiger partial charge in [-0.2, -0.15) is 5.26 Å². The molecule has 1 saturated heterocycles. The van der Waals surface area contributed by atoms with E-state index in [4.69, 9.17) is 5.26 Å². The Morgan fingerprint density at radius 3 is 2.30 bits per heavy atom. The first-order valence-corrected chi connectivity index (χ1v) is 6.27. The van der Waals surface area contributed by atoms with Crippen LogP contribution in [0.15, 0.2) is 48.5 Å². The zero-order valence-corrected chi connectivity index (χ0v) is 10.6. The zero-order valence-electron chi connectivity index (χ0n) is 10.6. The second-order valence-electron chi connectivity index (χ2n) is 4.69. The number of carbonyl (C=O) groups is 1. The standard InChI is InChI=1S/C16H11FN2O/c17-13-5-7-14(8-6-13)19-15(9-16(19)20)12-3-1-11(10-18)2-4-12/h1-8,15H,9H2. The highest BCUT2D eigenvalue weighted by Crippen LogP contribution is 2.38. The Bertz CT molecular complexity index is 686. The van der Waals surface area contributed by atoms with Crippen LogP contribution < -0.4 is 4.90 Å². The number of carbonyl (C=O) groups excluding carboxylic acids is 1. The maximum atomic E-state index is 12.9. The van der Waals surface area contributed by atoms with Crippen molar-refractivity contribution in [2.24, 2.45) is 0 Å². The van der Waals surface area contributed by atoms with Gasteiger partial charge in [-0.05, 0) is 42.0 Å². The van der Waals surface area contributed by atoms with Crippen LogP contribution in [0.25, 0.3) is 0 Å².